The summed E-state index contributed by atoms with van der Waals surface area (Å²) in [7, 11) is 0. The Kier molecular flexibility index (Phi) is 3.07. The van der Waals surface area contributed by atoms with Gasteiger partial charge in [-0.1, -0.05) is 31.2 Å². The molecule has 0 bridgehead atoms. The van der Waals surface area contributed by atoms with Crippen LogP contribution in [0.3, 0.4) is 0 Å². The molecule has 0 radical (unpaired) electrons. The summed E-state index contributed by atoms with van der Waals surface area (Å²) >= 11 is 0. The predicted molar refractivity (Wildman–Crippen MR) is 52.6 cm³/mol. The lowest BCUT2D eigenvalue weighted by molar-refractivity contribution is -0.318. The van der Waals surface area contributed by atoms with E-state index in [1.165, 1.54) is 5.56 Å². The second-order valence-electron chi connectivity index (χ2n) is 3.66. The average molecular weight is 180 g/mol. The first-order valence-electron chi connectivity index (χ1n) is 4.52. The van der Waals surface area contributed by atoms with Crippen LogP contribution in [0.15, 0.2) is 24.3 Å². The highest BCUT2D eigenvalue weighted by molar-refractivity contribution is 5.27. The van der Waals surface area contributed by atoms with Crippen molar-refractivity contribution in [2.75, 3.05) is 0 Å². The van der Waals surface area contributed by atoms with Crippen molar-refractivity contribution in [2.24, 2.45) is 0 Å². The summed E-state index contributed by atoms with van der Waals surface area (Å²) in [5, 5.41) is 8.71. The number of hydrogen-bond donors (Lipinski definition) is 1. The fourth-order valence-electron chi connectivity index (χ4n) is 1.22. The van der Waals surface area contributed by atoms with Crippen LogP contribution in [0.2, 0.25) is 0 Å². The molecule has 72 valence electrons. The van der Waals surface area contributed by atoms with Crippen molar-refractivity contribution in [3.8, 4) is 0 Å². The molecular weight excluding hydrogens is 164 g/mol. The van der Waals surface area contributed by atoms with Crippen molar-refractivity contribution in [2.45, 2.75) is 32.8 Å². The van der Waals surface area contributed by atoms with Crippen LogP contribution < -0.4 is 0 Å². The molecule has 2 nitrogen and oxygen atoms in total. The third-order valence-electron chi connectivity index (χ3n) is 2.26. The van der Waals surface area contributed by atoms with Gasteiger partial charge in [-0.3, -0.25) is 5.26 Å². The van der Waals surface area contributed by atoms with Crippen LogP contribution in [0.5, 0.6) is 0 Å². The summed E-state index contributed by atoms with van der Waals surface area (Å²) in [5.41, 5.74) is 1.63. The predicted octanol–water partition coefficient (Wildman–Crippen LogP) is 2.97. The van der Waals surface area contributed by atoms with Crippen molar-refractivity contribution >= 4 is 0 Å². The molecule has 0 aromatic heterocycles. The zero-order valence-electron chi connectivity index (χ0n) is 8.37. The van der Waals surface area contributed by atoms with Crippen molar-refractivity contribution in [3.05, 3.63) is 35.4 Å². The Morgan fingerprint density at radius 3 is 2.62 bits per heavy atom. The molecule has 13 heavy (non-hydrogen) atoms. The van der Waals surface area contributed by atoms with Crippen LogP contribution in [-0.2, 0) is 16.9 Å². The molecule has 0 heterocycles. The van der Waals surface area contributed by atoms with E-state index >= 15 is 0 Å². The molecule has 0 saturated heterocycles. The van der Waals surface area contributed by atoms with Gasteiger partial charge in [0.2, 0.25) is 0 Å². The van der Waals surface area contributed by atoms with E-state index in [0.29, 0.717) is 0 Å². The van der Waals surface area contributed by atoms with Gasteiger partial charge in [-0.2, -0.15) is 0 Å². The highest BCUT2D eigenvalue weighted by Gasteiger charge is 2.21. The van der Waals surface area contributed by atoms with Gasteiger partial charge in [0.1, 0.15) is 5.60 Å². The SMILES string of the molecule is CCc1cccc(C(C)(C)OO)c1. The second-order valence-corrected chi connectivity index (χ2v) is 3.66. The maximum Gasteiger partial charge on any atom is 0.123 e. The van der Waals surface area contributed by atoms with E-state index in [1.54, 1.807) is 0 Å². The average Bonchev–Trinajstić information content (AvgIpc) is 2.18. The first kappa shape index (κ1) is 10.2. The largest absolute Gasteiger partial charge is 0.251 e. The molecule has 0 aliphatic rings. The van der Waals surface area contributed by atoms with Crippen LogP contribution >= 0.6 is 0 Å². The topological polar surface area (TPSA) is 29.5 Å². The maximum absolute atomic E-state index is 8.71. The van der Waals surface area contributed by atoms with Crippen LogP contribution in [0.4, 0.5) is 0 Å². The molecule has 0 aliphatic heterocycles. The highest BCUT2D eigenvalue weighted by Crippen LogP contribution is 2.24. The molecule has 2 heteroatoms. The second kappa shape index (κ2) is 3.90. The van der Waals surface area contributed by atoms with Gasteiger partial charge < -0.3 is 0 Å². The smallest absolute Gasteiger partial charge is 0.123 e. The van der Waals surface area contributed by atoms with Crippen molar-refractivity contribution < 1.29 is 10.1 Å². The highest BCUT2D eigenvalue weighted by atomic mass is 17.1. The minimum atomic E-state index is -0.620. The monoisotopic (exact) mass is 180 g/mol. The Morgan fingerprint density at radius 2 is 2.08 bits per heavy atom. The van der Waals surface area contributed by atoms with Crippen LogP contribution in [0, 0.1) is 0 Å². The Morgan fingerprint density at radius 1 is 1.38 bits per heavy atom. The fourth-order valence-corrected chi connectivity index (χ4v) is 1.22. The van der Waals surface area contributed by atoms with E-state index in [0.717, 1.165) is 12.0 Å². The number of hydrogen-bond acceptors (Lipinski definition) is 2. The molecular formula is C11H16O2. The molecule has 0 saturated carbocycles. The number of aryl methyl sites for hydroxylation is 1. The number of benzene rings is 1. The quantitative estimate of drug-likeness (QED) is 0.572. The van der Waals surface area contributed by atoms with Crippen molar-refractivity contribution in [1.82, 2.24) is 0 Å². The van der Waals surface area contributed by atoms with Crippen LogP contribution in [0.25, 0.3) is 0 Å². The zero-order valence-corrected chi connectivity index (χ0v) is 8.37. The maximum atomic E-state index is 8.71. The van der Waals surface area contributed by atoms with Gasteiger partial charge >= 0.3 is 0 Å². The Labute approximate surface area is 79.1 Å². The van der Waals surface area contributed by atoms with E-state index in [4.69, 9.17) is 5.26 Å². The molecule has 0 amide bonds. The molecule has 0 aliphatic carbocycles. The van der Waals surface area contributed by atoms with E-state index in [2.05, 4.69) is 23.9 Å². The van der Waals surface area contributed by atoms with Gasteiger partial charge in [0.25, 0.3) is 0 Å². The Balaban J connectivity index is 3.01. The summed E-state index contributed by atoms with van der Waals surface area (Å²) < 4.78 is 0. The van der Waals surface area contributed by atoms with E-state index in [-0.39, 0.29) is 0 Å². The third kappa shape index (κ3) is 2.29. The van der Waals surface area contributed by atoms with E-state index < -0.39 is 5.60 Å². The molecule has 1 rings (SSSR count). The van der Waals surface area contributed by atoms with E-state index in [9.17, 15) is 0 Å². The summed E-state index contributed by atoms with van der Waals surface area (Å²) in [6.07, 6.45) is 0.995. The lowest BCUT2D eigenvalue weighted by Crippen LogP contribution is -2.19. The van der Waals surface area contributed by atoms with Crippen molar-refractivity contribution in [3.63, 3.8) is 0 Å². The fraction of sp³-hybridized carbons (Fsp3) is 0.455. The molecule has 0 fully saturated rings. The Bertz CT molecular complexity index is 279. The molecule has 1 aromatic carbocycles. The van der Waals surface area contributed by atoms with E-state index in [1.807, 2.05) is 26.0 Å². The minimum absolute atomic E-state index is 0.620. The van der Waals surface area contributed by atoms with Crippen LogP contribution in [0.1, 0.15) is 31.9 Å². The van der Waals surface area contributed by atoms with Crippen molar-refractivity contribution in [1.29, 1.82) is 0 Å². The zero-order chi connectivity index (χ0) is 9.90. The van der Waals surface area contributed by atoms with Gasteiger partial charge in [-0.25, -0.2) is 4.89 Å². The summed E-state index contributed by atoms with van der Waals surface area (Å²) in [5.74, 6) is 0. The Hall–Kier alpha value is -0.860. The van der Waals surface area contributed by atoms with Gasteiger partial charge in [-0.05, 0) is 31.4 Å². The van der Waals surface area contributed by atoms with Gasteiger partial charge in [0, 0.05) is 0 Å². The molecule has 0 spiro atoms. The normalized spacial score (nSPS) is 11.7. The third-order valence-corrected chi connectivity index (χ3v) is 2.26. The summed E-state index contributed by atoms with van der Waals surface area (Å²) in [6, 6.07) is 8.05. The van der Waals surface area contributed by atoms with Gasteiger partial charge in [0.15, 0.2) is 0 Å². The summed E-state index contributed by atoms with van der Waals surface area (Å²) in [4.78, 5) is 4.42. The standard InChI is InChI=1S/C11H16O2/c1-4-9-6-5-7-10(8-9)11(2,3)13-12/h5-8,12H,4H2,1-3H3. The molecule has 0 unspecified atom stereocenters. The molecule has 0 atom stereocenters. The van der Waals surface area contributed by atoms with Gasteiger partial charge in [0.05, 0.1) is 0 Å². The molecule has 1 aromatic rings. The first-order valence-corrected chi connectivity index (χ1v) is 4.52. The summed E-state index contributed by atoms with van der Waals surface area (Å²) in [6.45, 7) is 5.77. The molecule has 1 N–H and O–H groups in total. The lowest BCUT2D eigenvalue weighted by Gasteiger charge is -2.21. The first-order chi connectivity index (χ1) is 6.10. The number of rotatable bonds is 3. The van der Waals surface area contributed by atoms with Gasteiger partial charge in [-0.15, -0.1) is 0 Å². The minimum Gasteiger partial charge on any atom is -0.251 e. The lowest BCUT2D eigenvalue weighted by atomic mass is 9.96. The van der Waals surface area contributed by atoms with Crippen LogP contribution in [-0.4, -0.2) is 5.26 Å².